The summed E-state index contributed by atoms with van der Waals surface area (Å²) in [6, 6.07) is 8.60. The predicted octanol–water partition coefficient (Wildman–Crippen LogP) is 2.84. The van der Waals surface area contributed by atoms with E-state index in [1.807, 2.05) is 24.4 Å². The van der Waals surface area contributed by atoms with Gasteiger partial charge in [0.15, 0.2) is 0 Å². The topological polar surface area (TPSA) is 120 Å². The molecule has 8 heteroatoms. The first-order valence-electron chi connectivity index (χ1n) is 7.78. The number of anilines is 1. The minimum atomic E-state index is -0.659. The third-order valence-corrected chi connectivity index (χ3v) is 4.98. The molecule has 1 amide bonds. The quantitative estimate of drug-likeness (QED) is 0.515. The highest BCUT2D eigenvalue weighted by atomic mass is 32.1. The Labute approximate surface area is 152 Å². The van der Waals surface area contributed by atoms with Crippen LogP contribution in [0, 0.1) is 6.92 Å². The van der Waals surface area contributed by atoms with Crippen LogP contribution in [0.2, 0.25) is 0 Å². The van der Waals surface area contributed by atoms with Crippen molar-refractivity contribution in [1.29, 1.82) is 0 Å². The fourth-order valence-electron chi connectivity index (χ4n) is 2.99. The molecule has 4 aromatic rings. The second-order valence-corrected chi connectivity index (χ2v) is 6.73. The first-order chi connectivity index (χ1) is 12.5. The molecule has 0 aliphatic heterocycles. The van der Waals surface area contributed by atoms with E-state index in [-0.39, 0.29) is 17.1 Å². The molecule has 0 spiro atoms. The average Bonchev–Trinajstić information content (AvgIpc) is 3.22. The summed E-state index contributed by atoms with van der Waals surface area (Å²) in [7, 11) is 0. The number of primary amides is 1. The van der Waals surface area contributed by atoms with Crippen molar-refractivity contribution in [3.63, 3.8) is 0 Å². The largest absolute Gasteiger partial charge is 0.508 e. The molecule has 4 rings (SSSR count). The van der Waals surface area contributed by atoms with Gasteiger partial charge in [0.2, 0.25) is 0 Å². The van der Waals surface area contributed by atoms with Crippen LogP contribution < -0.4 is 11.5 Å². The van der Waals surface area contributed by atoms with Gasteiger partial charge in [0, 0.05) is 17.6 Å². The fourth-order valence-corrected chi connectivity index (χ4v) is 3.60. The second kappa shape index (κ2) is 5.85. The number of carbonyl (C=O) groups excluding carboxylic acids is 1. The summed E-state index contributed by atoms with van der Waals surface area (Å²) in [5.41, 5.74) is 15.2. The van der Waals surface area contributed by atoms with Crippen LogP contribution in [0.1, 0.15) is 15.9 Å². The molecule has 3 aromatic heterocycles. The van der Waals surface area contributed by atoms with Crippen molar-refractivity contribution in [3.05, 3.63) is 53.0 Å². The molecule has 0 atom stereocenters. The Balaban J connectivity index is 2.07. The molecule has 0 saturated heterocycles. The maximum atomic E-state index is 12.1. The molecule has 7 nitrogen and oxygen atoms in total. The summed E-state index contributed by atoms with van der Waals surface area (Å²) in [4.78, 5) is 20.9. The van der Waals surface area contributed by atoms with Crippen molar-refractivity contribution in [2.24, 2.45) is 5.73 Å². The van der Waals surface area contributed by atoms with Gasteiger partial charge in [0.1, 0.15) is 27.7 Å². The number of nitrogen functional groups attached to an aromatic ring is 1. The smallest absolute Gasteiger partial charge is 0.254 e. The standard InChI is InChI=1S/C18H15N5O2S/c1-9-2-3-10(24)8-13(9)23-12-5-4-11(18-21-6-7-26-18)22-15(12)14(16(23)19)17(20)25/h2-8,24H,19H2,1H3,(H2,20,25). The zero-order valence-corrected chi connectivity index (χ0v) is 14.6. The van der Waals surface area contributed by atoms with Crippen LogP contribution in [0.25, 0.3) is 27.4 Å². The van der Waals surface area contributed by atoms with E-state index in [0.717, 1.165) is 10.6 Å². The van der Waals surface area contributed by atoms with Gasteiger partial charge in [-0.25, -0.2) is 9.97 Å². The predicted molar refractivity (Wildman–Crippen MR) is 102 cm³/mol. The molecular formula is C18H15N5O2S. The van der Waals surface area contributed by atoms with Crippen molar-refractivity contribution in [1.82, 2.24) is 14.5 Å². The van der Waals surface area contributed by atoms with Crippen LogP contribution in [0.15, 0.2) is 41.9 Å². The zero-order valence-electron chi connectivity index (χ0n) is 13.8. The Kier molecular flexibility index (Phi) is 3.62. The number of benzene rings is 1. The van der Waals surface area contributed by atoms with E-state index in [9.17, 15) is 9.90 Å². The lowest BCUT2D eigenvalue weighted by Crippen LogP contribution is -2.14. The summed E-state index contributed by atoms with van der Waals surface area (Å²) >= 11 is 1.45. The molecule has 0 bridgehead atoms. The van der Waals surface area contributed by atoms with Crippen LogP contribution >= 0.6 is 11.3 Å². The number of phenolic OH excluding ortho intramolecular Hbond substituents is 1. The summed E-state index contributed by atoms with van der Waals surface area (Å²) < 4.78 is 1.68. The SMILES string of the molecule is Cc1ccc(O)cc1-n1c(N)c(C(N)=O)c2nc(-c3nccs3)ccc21. The molecule has 0 aliphatic carbocycles. The number of hydrogen-bond donors (Lipinski definition) is 3. The third-order valence-electron chi connectivity index (χ3n) is 4.18. The number of carbonyl (C=O) groups is 1. The number of aromatic nitrogens is 3. The summed E-state index contributed by atoms with van der Waals surface area (Å²) in [6.45, 7) is 1.89. The van der Waals surface area contributed by atoms with E-state index in [1.165, 1.54) is 11.3 Å². The molecule has 26 heavy (non-hydrogen) atoms. The zero-order chi connectivity index (χ0) is 18.4. The Morgan fingerprint density at radius 1 is 1.27 bits per heavy atom. The lowest BCUT2D eigenvalue weighted by Gasteiger charge is -2.12. The van der Waals surface area contributed by atoms with Gasteiger partial charge in [-0.15, -0.1) is 11.3 Å². The highest BCUT2D eigenvalue weighted by Crippen LogP contribution is 2.34. The van der Waals surface area contributed by atoms with Crippen LogP contribution in [0.5, 0.6) is 5.75 Å². The molecule has 0 unspecified atom stereocenters. The molecule has 130 valence electrons. The molecule has 0 radical (unpaired) electrons. The van der Waals surface area contributed by atoms with Crippen molar-refractivity contribution >= 4 is 34.1 Å². The van der Waals surface area contributed by atoms with Crippen molar-refractivity contribution < 1.29 is 9.90 Å². The Bertz CT molecular complexity index is 1150. The molecule has 0 aliphatic rings. The first kappa shape index (κ1) is 16.1. The monoisotopic (exact) mass is 365 g/mol. The summed E-state index contributed by atoms with van der Waals surface area (Å²) in [6.07, 6.45) is 1.69. The number of nitrogens with two attached hydrogens (primary N) is 2. The third kappa shape index (κ3) is 2.39. The maximum Gasteiger partial charge on any atom is 0.254 e. The number of hydrogen-bond acceptors (Lipinski definition) is 6. The number of phenols is 1. The Hall–Kier alpha value is -3.39. The van der Waals surface area contributed by atoms with Gasteiger partial charge in [-0.3, -0.25) is 9.36 Å². The average molecular weight is 365 g/mol. The molecule has 0 saturated carbocycles. The van der Waals surface area contributed by atoms with Crippen LogP contribution in [0.4, 0.5) is 5.82 Å². The van der Waals surface area contributed by atoms with Crippen LogP contribution in [0.3, 0.4) is 0 Å². The summed E-state index contributed by atoms with van der Waals surface area (Å²) in [5, 5.41) is 12.5. The van der Waals surface area contributed by atoms with Gasteiger partial charge in [0.05, 0.1) is 16.9 Å². The molecular weight excluding hydrogens is 350 g/mol. The maximum absolute atomic E-state index is 12.1. The normalized spacial score (nSPS) is 11.1. The minimum Gasteiger partial charge on any atom is -0.508 e. The van der Waals surface area contributed by atoms with E-state index in [4.69, 9.17) is 11.5 Å². The Morgan fingerprint density at radius 3 is 2.77 bits per heavy atom. The first-order valence-corrected chi connectivity index (χ1v) is 8.66. The number of aryl methyl sites for hydroxylation is 1. The van der Waals surface area contributed by atoms with E-state index in [1.54, 1.807) is 29.0 Å². The highest BCUT2D eigenvalue weighted by Gasteiger charge is 2.23. The van der Waals surface area contributed by atoms with Crippen LogP contribution in [-0.2, 0) is 0 Å². The van der Waals surface area contributed by atoms with Gasteiger partial charge < -0.3 is 16.6 Å². The lowest BCUT2D eigenvalue weighted by atomic mass is 10.2. The minimum absolute atomic E-state index is 0.0971. The van der Waals surface area contributed by atoms with Gasteiger partial charge in [-0.2, -0.15) is 0 Å². The second-order valence-electron chi connectivity index (χ2n) is 5.83. The van der Waals surface area contributed by atoms with Crippen molar-refractivity contribution in [3.8, 4) is 22.1 Å². The Morgan fingerprint density at radius 2 is 2.08 bits per heavy atom. The van der Waals surface area contributed by atoms with E-state index < -0.39 is 5.91 Å². The van der Waals surface area contributed by atoms with E-state index in [2.05, 4.69) is 9.97 Å². The van der Waals surface area contributed by atoms with Gasteiger partial charge >= 0.3 is 0 Å². The number of thiazole rings is 1. The molecule has 5 N–H and O–H groups in total. The van der Waals surface area contributed by atoms with Crippen molar-refractivity contribution in [2.75, 3.05) is 5.73 Å². The summed E-state index contributed by atoms with van der Waals surface area (Å²) in [5.74, 6) is -0.377. The van der Waals surface area contributed by atoms with E-state index in [0.29, 0.717) is 22.4 Å². The van der Waals surface area contributed by atoms with Crippen LogP contribution in [-0.4, -0.2) is 25.5 Å². The highest BCUT2D eigenvalue weighted by molar-refractivity contribution is 7.13. The molecule has 0 fully saturated rings. The van der Waals surface area contributed by atoms with Crippen molar-refractivity contribution in [2.45, 2.75) is 6.92 Å². The van der Waals surface area contributed by atoms with Gasteiger partial charge in [-0.05, 0) is 30.7 Å². The van der Waals surface area contributed by atoms with E-state index >= 15 is 0 Å². The number of rotatable bonds is 3. The number of amides is 1. The van der Waals surface area contributed by atoms with Gasteiger partial charge in [-0.1, -0.05) is 6.07 Å². The molecule has 3 heterocycles. The fraction of sp³-hybridized carbons (Fsp3) is 0.0556. The molecule has 1 aromatic carbocycles. The lowest BCUT2D eigenvalue weighted by molar-refractivity contribution is 0.100. The number of aromatic hydroxyl groups is 1. The number of nitrogens with zero attached hydrogens (tertiary/aromatic N) is 3. The van der Waals surface area contributed by atoms with Gasteiger partial charge in [0.25, 0.3) is 5.91 Å². The number of fused-ring (bicyclic) bond motifs is 1. The number of pyridine rings is 1.